The molecular weight excluding hydrogens is 336 g/mol. The van der Waals surface area contributed by atoms with Gasteiger partial charge in [-0.15, -0.1) is 11.8 Å². The smallest absolute Gasteiger partial charge is 0.251 e. The van der Waals surface area contributed by atoms with Crippen molar-refractivity contribution in [3.8, 4) is 0 Å². The second-order valence-corrected chi connectivity index (χ2v) is 7.63. The molecule has 1 aliphatic carbocycles. The van der Waals surface area contributed by atoms with Gasteiger partial charge in [0, 0.05) is 17.5 Å². The molecule has 1 aromatic carbocycles. The Balaban J connectivity index is 1.61. The highest BCUT2D eigenvalue weighted by atomic mass is 32.2. The van der Waals surface area contributed by atoms with Crippen LogP contribution in [0.15, 0.2) is 46.1 Å². The van der Waals surface area contributed by atoms with Crippen LogP contribution in [-0.2, 0) is 16.1 Å². The lowest BCUT2D eigenvalue weighted by Gasteiger charge is -2.26. The summed E-state index contributed by atoms with van der Waals surface area (Å²) in [5.74, 6) is -0.00236. The fraction of sp³-hybridized carbons (Fsp3) is 0.368. The number of hydrogen-bond donors (Lipinski definition) is 1. The predicted octanol–water partition coefficient (Wildman–Crippen LogP) is 3.19. The van der Waals surface area contributed by atoms with Crippen LogP contribution in [0.25, 0.3) is 11.0 Å². The van der Waals surface area contributed by atoms with Gasteiger partial charge in [-0.1, -0.05) is 6.07 Å². The first-order chi connectivity index (χ1) is 12.1. The zero-order valence-corrected chi connectivity index (χ0v) is 14.7. The Morgan fingerprint density at radius 1 is 1.28 bits per heavy atom. The fourth-order valence-electron chi connectivity index (χ4n) is 3.73. The molecule has 2 aromatic rings. The lowest BCUT2D eigenvalue weighted by atomic mass is 9.94. The minimum atomic E-state index is -0.345. The highest BCUT2D eigenvalue weighted by Crippen LogP contribution is 2.41. The van der Waals surface area contributed by atoms with E-state index in [2.05, 4.69) is 6.07 Å². The molecule has 0 saturated carbocycles. The molecule has 4 rings (SSSR count). The third kappa shape index (κ3) is 3.06. The van der Waals surface area contributed by atoms with Gasteiger partial charge in [0.15, 0.2) is 0 Å². The van der Waals surface area contributed by atoms with E-state index in [4.69, 9.17) is 10.2 Å². The van der Waals surface area contributed by atoms with Gasteiger partial charge in [0.1, 0.15) is 11.0 Å². The molecule has 0 radical (unpaired) electrons. The Morgan fingerprint density at radius 3 is 2.96 bits per heavy atom. The zero-order chi connectivity index (χ0) is 17.4. The minimum Gasteiger partial charge on any atom is -0.464 e. The number of benzene rings is 1. The molecule has 0 saturated heterocycles. The molecular formula is C19H20N2O3S. The summed E-state index contributed by atoms with van der Waals surface area (Å²) in [6.07, 6.45) is 5.62. The van der Waals surface area contributed by atoms with Crippen molar-refractivity contribution < 1.29 is 14.0 Å². The average molecular weight is 356 g/mol. The first kappa shape index (κ1) is 16.3. The first-order valence-electron chi connectivity index (χ1n) is 8.52. The summed E-state index contributed by atoms with van der Waals surface area (Å²) in [7, 11) is 0. The van der Waals surface area contributed by atoms with Crippen LogP contribution in [0.5, 0.6) is 0 Å². The lowest BCUT2D eigenvalue weighted by molar-refractivity contribution is -0.126. The molecule has 2 N–H and O–H groups in total. The Bertz CT molecular complexity index is 870. The number of hydrogen-bond acceptors (Lipinski definition) is 4. The number of furan rings is 1. The maximum Gasteiger partial charge on any atom is 0.251 e. The van der Waals surface area contributed by atoms with Crippen LogP contribution in [0, 0.1) is 0 Å². The summed E-state index contributed by atoms with van der Waals surface area (Å²) in [5, 5.41) is 0.957. The summed E-state index contributed by atoms with van der Waals surface area (Å²) in [5.41, 5.74) is 9.39. The number of carbonyl (C=O) groups excluding carboxylic acids is 2. The fourth-order valence-corrected chi connectivity index (χ4v) is 4.86. The molecule has 5 nitrogen and oxygen atoms in total. The number of carbonyl (C=O) groups is 2. The molecule has 0 spiro atoms. The molecule has 1 aromatic heterocycles. The van der Waals surface area contributed by atoms with Crippen molar-refractivity contribution in [1.82, 2.24) is 4.90 Å². The van der Waals surface area contributed by atoms with E-state index in [1.165, 1.54) is 17.3 Å². The summed E-state index contributed by atoms with van der Waals surface area (Å²) in [6, 6.07) is 7.91. The van der Waals surface area contributed by atoms with E-state index in [0.29, 0.717) is 6.54 Å². The van der Waals surface area contributed by atoms with Crippen LogP contribution in [0.2, 0.25) is 0 Å². The van der Waals surface area contributed by atoms with Crippen LogP contribution in [0.4, 0.5) is 0 Å². The van der Waals surface area contributed by atoms with Crippen LogP contribution < -0.4 is 5.73 Å². The van der Waals surface area contributed by atoms with Crippen molar-refractivity contribution in [3.63, 3.8) is 0 Å². The Morgan fingerprint density at radius 2 is 2.12 bits per heavy atom. The number of primary amides is 1. The quantitative estimate of drug-likeness (QED) is 0.892. The van der Waals surface area contributed by atoms with Crippen LogP contribution in [0.1, 0.15) is 31.2 Å². The van der Waals surface area contributed by atoms with E-state index in [1.54, 1.807) is 6.26 Å². The normalized spacial score (nSPS) is 20.4. The van der Waals surface area contributed by atoms with Crippen LogP contribution >= 0.6 is 11.8 Å². The monoisotopic (exact) mass is 356 g/mol. The van der Waals surface area contributed by atoms with Gasteiger partial charge < -0.3 is 15.1 Å². The third-order valence-electron chi connectivity index (χ3n) is 4.86. The SMILES string of the molecule is NC(=O)CSC1C2=C(CCCC2)C(=O)N1Cc1ccc2occc2c1. The van der Waals surface area contributed by atoms with Gasteiger partial charge in [-0.2, -0.15) is 0 Å². The molecule has 1 unspecified atom stereocenters. The standard InChI is InChI=1S/C19H20N2O3S/c20-17(22)11-25-19-15-4-2-1-3-14(15)18(23)21(19)10-12-5-6-16-13(9-12)7-8-24-16/h5-9,19H,1-4,10-11H2,(H2,20,22). The Kier molecular flexibility index (Phi) is 4.29. The lowest BCUT2D eigenvalue weighted by Crippen LogP contribution is -2.34. The molecule has 2 amide bonds. The zero-order valence-electron chi connectivity index (χ0n) is 13.9. The number of nitrogens with zero attached hydrogens (tertiary/aromatic N) is 1. The molecule has 0 fully saturated rings. The van der Waals surface area contributed by atoms with E-state index >= 15 is 0 Å². The topological polar surface area (TPSA) is 76.5 Å². The van der Waals surface area contributed by atoms with Gasteiger partial charge in [-0.25, -0.2) is 0 Å². The van der Waals surface area contributed by atoms with Gasteiger partial charge in [-0.05, 0) is 55.0 Å². The number of thioether (sulfide) groups is 1. The van der Waals surface area contributed by atoms with E-state index in [1.807, 2.05) is 23.1 Å². The van der Waals surface area contributed by atoms with Gasteiger partial charge in [0.25, 0.3) is 5.91 Å². The molecule has 1 atom stereocenters. The molecule has 6 heteroatoms. The first-order valence-corrected chi connectivity index (χ1v) is 9.57. The van der Waals surface area contributed by atoms with E-state index in [-0.39, 0.29) is 22.9 Å². The maximum absolute atomic E-state index is 12.9. The average Bonchev–Trinajstić information content (AvgIpc) is 3.17. The Labute approximate surface area is 150 Å². The molecule has 2 heterocycles. The van der Waals surface area contributed by atoms with Gasteiger partial charge in [-0.3, -0.25) is 9.59 Å². The van der Waals surface area contributed by atoms with Crippen molar-refractivity contribution >= 4 is 34.5 Å². The van der Waals surface area contributed by atoms with Crippen molar-refractivity contribution in [1.29, 1.82) is 0 Å². The van der Waals surface area contributed by atoms with Crippen LogP contribution in [-0.4, -0.2) is 27.8 Å². The number of nitrogens with two attached hydrogens (primary N) is 1. The second-order valence-electron chi connectivity index (χ2n) is 6.57. The van der Waals surface area contributed by atoms with E-state index in [0.717, 1.165) is 47.8 Å². The highest BCUT2D eigenvalue weighted by molar-refractivity contribution is 8.00. The Hall–Kier alpha value is -2.21. The molecule has 2 aliphatic rings. The highest BCUT2D eigenvalue weighted by Gasteiger charge is 2.39. The van der Waals surface area contributed by atoms with Crippen molar-refractivity contribution in [2.75, 3.05) is 5.75 Å². The van der Waals surface area contributed by atoms with Gasteiger partial charge in [0.2, 0.25) is 5.91 Å². The number of amides is 2. The molecule has 25 heavy (non-hydrogen) atoms. The van der Waals surface area contributed by atoms with E-state index in [9.17, 15) is 9.59 Å². The van der Waals surface area contributed by atoms with Gasteiger partial charge >= 0.3 is 0 Å². The van der Waals surface area contributed by atoms with Gasteiger partial charge in [0.05, 0.1) is 12.0 Å². The molecule has 130 valence electrons. The van der Waals surface area contributed by atoms with E-state index < -0.39 is 0 Å². The summed E-state index contributed by atoms with van der Waals surface area (Å²) in [6.45, 7) is 0.531. The largest absolute Gasteiger partial charge is 0.464 e. The van der Waals surface area contributed by atoms with Crippen molar-refractivity contribution in [2.45, 2.75) is 37.6 Å². The van der Waals surface area contributed by atoms with Crippen molar-refractivity contribution in [2.24, 2.45) is 5.73 Å². The maximum atomic E-state index is 12.9. The minimum absolute atomic E-state index is 0.0738. The summed E-state index contributed by atoms with van der Waals surface area (Å²) >= 11 is 1.47. The molecule has 1 aliphatic heterocycles. The summed E-state index contributed by atoms with van der Waals surface area (Å²) < 4.78 is 5.38. The predicted molar refractivity (Wildman–Crippen MR) is 97.7 cm³/mol. The van der Waals surface area contributed by atoms with Crippen LogP contribution in [0.3, 0.4) is 0 Å². The summed E-state index contributed by atoms with van der Waals surface area (Å²) in [4.78, 5) is 26.1. The second kappa shape index (κ2) is 6.59. The molecule has 0 bridgehead atoms. The number of fused-ring (bicyclic) bond motifs is 1. The third-order valence-corrected chi connectivity index (χ3v) is 6.17. The number of rotatable bonds is 5. The van der Waals surface area contributed by atoms with Crippen molar-refractivity contribution in [3.05, 3.63) is 47.2 Å².